The van der Waals surface area contributed by atoms with E-state index >= 15 is 0 Å². The largest absolute Gasteiger partial charge is 0.384 e. The fraction of sp³-hybridized carbons (Fsp3) is 0.619. The van der Waals surface area contributed by atoms with Gasteiger partial charge in [-0.25, -0.2) is 9.67 Å². The summed E-state index contributed by atoms with van der Waals surface area (Å²) in [6, 6.07) is 1.77. The molecule has 8 heteroatoms. The third kappa shape index (κ3) is 3.45. The second-order valence-corrected chi connectivity index (χ2v) is 9.52. The van der Waals surface area contributed by atoms with Crippen molar-refractivity contribution in [3.05, 3.63) is 39.2 Å². The average molecular weight is 399 g/mol. The van der Waals surface area contributed by atoms with Crippen LogP contribution < -0.4 is 11.3 Å². The van der Waals surface area contributed by atoms with Crippen molar-refractivity contribution in [3.8, 4) is 0 Å². The van der Waals surface area contributed by atoms with Crippen LogP contribution >= 0.6 is 0 Å². The first-order valence-electron chi connectivity index (χ1n) is 10.3. The number of anilines is 1. The van der Waals surface area contributed by atoms with Crippen molar-refractivity contribution in [2.75, 3.05) is 18.8 Å². The highest BCUT2D eigenvalue weighted by Crippen LogP contribution is 2.44. The number of nitrogen functional groups attached to an aromatic ring is 1. The van der Waals surface area contributed by atoms with Crippen LogP contribution in [0.3, 0.4) is 0 Å². The molecule has 1 saturated heterocycles. The zero-order chi connectivity index (χ0) is 21.0. The van der Waals surface area contributed by atoms with E-state index < -0.39 is 0 Å². The lowest BCUT2D eigenvalue weighted by Gasteiger charge is -2.39. The van der Waals surface area contributed by atoms with E-state index in [9.17, 15) is 9.59 Å². The Balaban J connectivity index is 1.52. The van der Waals surface area contributed by atoms with Crippen molar-refractivity contribution in [1.82, 2.24) is 24.6 Å². The van der Waals surface area contributed by atoms with Gasteiger partial charge in [0.15, 0.2) is 0 Å². The molecule has 29 heavy (non-hydrogen) atoms. The molecule has 1 amide bonds. The number of piperidine rings is 1. The topological polar surface area (TPSA) is 110 Å². The number of nitrogens with zero attached hydrogens (tertiary/aromatic N) is 4. The van der Waals surface area contributed by atoms with Crippen molar-refractivity contribution >= 4 is 11.7 Å². The summed E-state index contributed by atoms with van der Waals surface area (Å²) in [4.78, 5) is 35.2. The van der Waals surface area contributed by atoms with E-state index in [1.54, 1.807) is 10.7 Å². The summed E-state index contributed by atoms with van der Waals surface area (Å²) in [5.74, 6) is 1.28. The summed E-state index contributed by atoms with van der Waals surface area (Å²) < 4.78 is 1.56. The normalized spacial score (nSPS) is 18.3. The average Bonchev–Trinajstić information content (AvgIpc) is 3.15. The summed E-state index contributed by atoms with van der Waals surface area (Å²) in [5.41, 5.74) is 8.21. The summed E-state index contributed by atoms with van der Waals surface area (Å²) >= 11 is 0. The SMILES string of the molecule is Cc1cc(N)n(CC(=O)N2CCC3(CCc4c3nc(C(C)(C)C)[nH]c4=O)CC2)n1. The van der Waals surface area contributed by atoms with E-state index in [2.05, 4.69) is 30.9 Å². The molecule has 0 radical (unpaired) electrons. The zero-order valence-corrected chi connectivity index (χ0v) is 17.7. The third-order valence-corrected chi connectivity index (χ3v) is 6.37. The van der Waals surface area contributed by atoms with Crippen molar-refractivity contribution < 1.29 is 4.79 Å². The summed E-state index contributed by atoms with van der Waals surface area (Å²) in [6.45, 7) is 9.53. The van der Waals surface area contributed by atoms with Crippen LogP contribution in [0.4, 0.5) is 5.82 Å². The van der Waals surface area contributed by atoms with Crippen molar-refractivity contribution in [3.63, 3.8) is 0 Å². The Kier molecular flexibility index (Phi) is 4.55. The first-order valence-corrected chi connectivity index (χ1v) is 10.3. The lowest BCUT2D eigenvalue weighted by molar-refractivity contribution is -0.133. The molecule has 0 bridgehead atoms. The second kappa shape index (κ2) is 6.71. The number of aryl methyl sites for hydroxylation is 1. The summed E-state index contributed by atoms with van der Waals surface area (Å²) in [5, 5.41) is 4.28. The third-order valence-electron chi connectivity index (χ3n) is 6.37. The van der Waals surface area contributed by atoms with Crippen LogP contribution in [-0.4, -0.2) is 43.6 Å². The van der Waals surface area contributed by atoms with Crippen LogP contribution in [0.15, 0.2) is 10.9 Å². The number of H-pyrrole nitrogens is 1. The first-order chi connectivity index (χ1) is 13.6. The van der Waals surface area contributed by atoms with Crippen LogP contribution in [0.5, 0.6) is 0 Å². The van der Waals surface area contributed by atoms with Gasteiger partial charge in [-0.2, -0.15) is 5.10 Å². The monoisotopic (exact) mass is 398 g/mol. The van der Waals surface area contributed by atoms with E-state index in [1.807, 2.05) is 11.8 Å². The fourth-order valence-corrected chi connectivity index (χ4v) is 4.60. The maximum absolute atomic E-state index is 12.8. The van der Waals surface area contributed by atoms with Crippen molar-refractivity contribution in [2.24, 2.45) is 0 Å². The van der Waals surface area contributed by atoms with Gasteiger partial charge >= 0.3 is 0 Å². The van der Waals surface area contributed by atoms with Gasteiger partial charge in [0.2, 0.25) is 5.91 Å². The molecule has 1 spiro atoms. The van der Waals surface area contributed by atoms with E-state index in [0.717, 1.165) is 48.5 Å². The van der Waals surface area contributed by atoms with Gasteiger partial charge in [-0.15, -0.1) is 0 Å². The Morgan fingerprint density at radius 2 is 1.97 bits per heavy atom. The molecule has 1 aliphatic carbocycles. The zero-order valence-electron chi connectivity index (χ0n) is 17.7. The van der Waals surface area contributed by atoms with E-state index in [1.165, 1.54) is 0 Å². The van der Waals surface area contributed by atoms with Gasteiger partial charge in [0, 0.05) is 35.5 Å². The van der Waals surface area contributed by atoms with Crippen molar-refractivity contribution in [2.45, 2.75) is 70.8 Å². The number of carbonyl (C=O) groups is 1. The van der Waals surface area contributed by atoms with Crippen LogP contribution in [0, 0.1) is 6.92 Å². The summed E-state index contributed by atoms with van der Waals surface area (Å²) in [6.07, 6.45) is 3.36. The maximum Gasteiger partial charge on any atom is 0.254 e. The number of carbonyl (C=O) groups excluding carboxylic acids is 1. The van der Waals surface area contributed by atoms with Gasteiger partial charge in [0.25, 0.3) is 5.56 Å². The molecule has 2 aliphatic rings. The molecule has 2 aromatic heterocycles. The number of rotatable bonds is 2. The molecule has 0 aromatic carbocycles. The number of fused-ring (bicyclic) bond motifs is 2. The van der Waals surface area contributed by atoms with Crippen LogP contribution in [-0.2, 0) is 28.6 Å². The number of nitrogens with one attached hydrogen (secondary N) is 1. The molecule has 4 rings (SSSR count). The molecule has 1 fully saturated rings. The van der Waals surface area contributed by atoms with Gasteiger partial charge in [0.1, 0.15) is 18.2 Å². The Hall–Kier alpha value is -2.64. The Bertz CT molecular complexity index is 1010. The molecule has 3 N–H and O–H groups in total. The number of nitrogens with two attached hydrogens (primary N) is 1. The van der Waals surface area contributed by atoms with Crippen LogP contribution in [0.1, 0.15) is 62.8 Å². The van der Waals surface area contributed by atoms with Crippen molar-refractivity contribution in [1.29, 1.82) is 0 Å². The molecule has 1 aliphatic heterocycles. The molecule has 0 saturated carbocycles. The van der Waals surface area contributed by atoms with Gasteiger partial charge in [-0.05, 0) is 32.6 Å². The number of aromatic nitrogens is 4. The van der Waals surface area contributed by atoms with Gasteiger partial charge in [0.05, 0.1) is 11.4 Å². The lowest BCUT2D eigenvalue weighted by atomic mass is 9.76. The summed E-state index contributed by atoms with van der Waals surface area (Å²) in [7, 11) is 0. The minimum absolute atomic E-state index is 0.000154. The minimum atomic E-state index is -0.212. The number of likely N-dealkylation sites (tertiary alicyclic amines) is 1. The molecule has 156 valence electrons. The standard InChI is InChI=1S/C21H30N6O2/c1-13-11-15(22)27(25-13)12-16(28)26-9-7-21(8-10-26)6-5-14-17(21)23-19(20(2,3)4)24-18(14)29/h11H,5-10,12,22H2,1-4H3,(H,23,24,29). The van der Waals surface area contributed by atoms with Crippen LogP contribution in [0.25, 0.3) is 0 Å². The maximum atomic E-state index is 12.8. The van der Waals surface area contributed by atoms with Crippen LogP contribution in [0.2, 0.25) is 0 Å². The van der Waals surface area contributed by atoms with E-state index in [0.29, 0.717) is 18.9 Å². The molecule has 2 aromatic rings. The van der Waals surface area contributed by atoms with Gasteiger partial charge in [-0.1, -0.05) is 20.8 Å². The lowest BCUT2D eigenvalue weighted by Crippen LogP contribution is -2.46. The van der Waals surface area contributed by atoms with Gasteiger partial charge in [-0.3, -0.25) is 9.59 Å². The first kappa shape index (κ1) is 19.7. The predicted molar refractivity (Wildman–Crippen MR) is 111 cm³/mol. The Morgan fingerprint density at radius 1 is 1.28 bits per heavy atom. The second-order valence-electron chi connectivity index (χ2n) is 9.52. The molecule has 0 atom stereocenters. The molecular formula is C21H30N6O2. The fourth-order valence-electron chi connectivity index (χ4n) is 4.60. The highest BCUT2D eigenvalue weighted by molar-refractivity contribution is 5.76. The predicted octanol–water partition coefficient (Wildman–Crippen LogP) is 1.66. The molecule has 8 nitrogen and oxygen atoms in total. The minimum Gasteiger partial charge on any atom is -0.384 e. The molecular weight excluding hydrogens is 368 g/mol. The highest BCUT2D eigenvalue weighted by atomic mass is 16.2. The number of hydrogen-bond acceptors (Lipinski definition) is 5. The molecule has 3 heterocycles. The van der Waals surface area contributed by atoms with Gasteiger partial charge < -0.3 is 15.6 Å². The highest BCUT2D eigenvalue weighted by Gasteiger charge is 2.45. The van der Waals surface area contributed by atoms with E-state index in [-0.39, 0.29) is 28.8 Å². The quantitative estimate of drug-likeness (QED) is 0.799. The Morgan fingerprint density at radius 3 is 2.55 bits per heavy atom. The number of amides is 1. The van der Waals surface area contributed by atoms with E-state index in [4.69, 9.17) is 10.7 Å². The smallest absolute Gasteiger partial charge is 0.254 e. The molecule has 0 unspecified atom stereocenters. The Labute approximate surface area is 170 Å². The number of aromatic amines is 1. The number of hydrogen-bond donors (Lipinski definition) is 2.